The van der Waals surface area contributed by atoms with Gasteiger partial charge in [0, 0.05) is 11.3 Å². The maximum atomic E-state index is 12.0. The van der Waals surface area contributed by atoms with Gasteiger partial charge >= 0.3 is 5.97 Å². The Hall–Kier alpha value is -3.13. The fourth-order valence-electron chi connectivity index (χ4n) is 1.63. The number of nitriles is 1. The number of rotatable bonds is 3. The average molecular weight is 266 g/mol. The van der Waals surface area contributed by atoms with Gasteiger partial charge in [-0.15, -0.1) is 0 Å². The van der Waals surface area contributed by atoms with Crippen molar-refractivity contribution in [3.05, 3.63) is 65.2 Å². The third kappa shape index (κ3) is 3.00. The number of benzene rings is 2. The van der Waals surface area contributed by atoms with E-state index in [9.17, 15) is 9.59 Å². The largest absolute Gasteiger partial charge is 0.478 e. The molecule has 0 aliphatic carbocycles. The molecule has 1 amide bonds. The van der Waals surface area contributed by atoms with Gasteiger partial charge in [0.05, 0.1) is 17.2 Å². The van der Waals surface area contributed by atoms with E-state index in [1.807, 2.05) is 6.07 Å². The number of hydrogen-bond donors (Lipinski definition) is 2. The highest BCUT2D eigenvalue weighted by molar-refractivity contribution is 6.04. The van der Waals surface area contributed by atoms with E-state index < -0.39 is 5.97 Å². The second-order valence-electron chi connectivity index (χ2n) is 4.03. The second kappa shape index (κ2) is 5.67. The summed E-state index contributed by atoms with van der Waals surface area (Å²) >= 11 is 0. The van der Waals surface area contributed by atoms with E-state index in [-0.39, 0.29) is 11.5 Å². The number of nitrogens with zero attached hydrogens (tertiary/aromatic N) is 1. The molecular weight excluding hydrogens is 256 g/mol. The predicted octanol–water partition coefficient (Wildman–Crippen LogP) is 2.51. The maximum absolute atomic E-state index is 12.0. The molecule has 0 spiro atoms. The normalized spacial score (nSPS) is 9.55. The summed E-state index contributed by atoms with van der Waals surface area (Å²) in [6.07, 6.45) is 0. The highest BCUT2D eigenvalue weighted by atomic mass is 16.4. The molecule has 2 aromatic rings. The summed E-state index contributed by atoms with van der Waals surface area (Å²) in [7, 11) is 0. The van der Waals surface area contributed by atoms with Crippen molar-refractivity contribution in [2.45, 2.75) is 0 Å². The van der Waals surface area contributed by atoms with E-state index in [2.05, 4.69) is 5.32 Å². The molecule has 2 N–H and O–H groups in total. The highest BCUT2D eigenvalue weighted by Gasteiger charge is 2.07. The quantitative estimate of drug-likeness (QED) is 0.893. The molecule has 0 fully saturated rings. The first-order valence-electron chi connectivity index (χ1n) is 5.75. The van der Waals surface area contributed by atoms with Gasteiger partial charge in [-0.25, -0.2) is 4.79 Å². The number of carboxylic acids is 1. The smallest absolute Gasteiger partial charge is 0.335 e. The molecule has 0 unspecified atom stereocenters. The Labute approximate surface area is 115 Å². The Morgan fingerprint density at radius 1 is 1.05 bits per heavy atom. The van der Waals surface area contributed by atoms with Crippen LogP contribution in [0.3, 0.4) is 0 Å². The van der Waals surface area contributed by atoms with Crippen molar-refractivity contribution in [2.24, 2.45) is 0 Å². The van der Waals surface area contributed by atoms with Crippen molar-refractivity contribution in [3.63, 3.8) is 0 Å². The molecule has 5 heteroatoms. The van der Waals surface area contributed by atoms with Gasteiger partial charge in [-0.05, 0) is 42.5 Å². The summed E-state index contributed by atoms with van der Waals surface area (Å²) in [5, 5.41) is 20.2. The molecule has 0 saturated heterocycles. The van der Waals surface area contributed by atoms with Crippen LogP contribution in [-0.2, 0) is 0 Å². The lowest BCUT2D eigenvalue weighted by Crippen LogP contribution is -2.12. The maximum Gasteiger partial charge on any atom is 0.335 e. The summed E-state index contributed by atoms with van der Waals surface area (Å²) in [6.45, 7) is 0. The molecule has 2 rings (SSSR count). The fraction of sp³-hybridized carbons (Fsp3) is 0. The number of carboxylic acid groups (broad SMARTS) is 1. The number of nitrogens with one attached hydrogen (secondary N) is 1. The number of hydrogen-bond acceptors (Lipinski definition) is 3. The third-order valence-electron chi connectivity index (χ3n) is 2.64. The molecule has 98 valence electrons. The van der Waals surface area contributed by atoms with E-state index in [1.165, 1.54) is 30.3 Å². The minimum Gasteiger partial charge on any atom is -0.478 e. The summed E-state index contributed by atoms with van der Waals surface area (Å²) in [5.74, 6) is -1.38. The van der Waals surface area contributed by atoms with Crippen molar-refractivity contribution in [2.75, 3.05) is 5.32 Å². The summed E-state index contributed by atoms with van der Waals surface area (Å²) in [6, 6.07) is 14.1. The third-order valence-corrected chi connectivity index (χ3v) is 2.64. The lowest BCUT2D eigenvalue weighted by Gasteiger charge is -2.05. The predicted molar refractivity (Wildman–Crippen MR) is 72.5 cm³/mol. The number of carbonyl (C=O) groups is 2. The van der Waals surface area contributed by atoms with Crippen molar-refractivity contribution in [1.82, 2.24) is 0 Å². The Balaban J connectivity index is 2.15. The van der Waals surface area contributed by atoms with E-state index in [0.29, 0.717) is 16.8 Å². The number of anilines is 1. The van der Waals surface area contributed by atoms with E-state index in [1.54, 1.807) is 18.2 Å². The van der Waals surface area contributed by atoms with Crippen LogP contribution in [0.4, 0.5) is 5.69 Å². The van der Waals surface area contributed by atoms with Gasteiger partial charge in [-0.3, -0.25) is 4.79 Å². The Kier molecular flexibility index (Phi) is 3.77. The molecule has 0 saturated carbocycles. The minimum atomic E-state index is -1.02. The lowest BCUT2D eigenvalue weighted by molar-refractivity contribution is 0.0696. The first kappa shape index (κ1) is 13.3. The van der Waals surface area contributed by atoms with Crippen LogP contribution >= 0.6 is 0 Å². The molecule has 2 aromatic carbocycles. The van der Waals surface area contributed by atoms with Gasteiger partial charge < -0.3 is 10.4 Å². The molecule has 0 aliphatic rings. The molecule has 20 heavy (non-hydrogen) atoms. The van der Waals surface area contributed by atoms with Gasteiger partial charge in [0.25, 0.3) is 5.91 Å². The topological polar surface area (TPSA) is 90.2 Å². The lowest BCUT2D eigenvalue weighted by atomic mass is 10.1. The van der Waals surface area contributed by atoms with Crippen LogP contribution in [0, 0.1) is 11.3 Å². The Morgan fingerprint density at radius 2 is 1.75 bits per heavy atom. The number of carbonyl (C=O) groups excluding carboxylic acids is 1. The monoisotopic (exact) mass is 266 g/mol. The zero-order chi connectivity index (χ0) is 14.5. The molecular formula is C15H10N2O3. The summed E-state index contributed by atoms with van der Waals surface area (Å²) in [5.41, 5.74) is 1.40. The van der Waals surface area contributed by atoms with Crippen LogP contribution in [0.5, 0.6) is 0 Å². The molecule has 0 atom stereocenters. The number of aromatic carboxylic acids is 1. The molecule has 0 aromatic heterocycles. The molecule has 0 heterocycles. The van der Waals surface area contributed by atoms with Crippen LogP contribution in [0.1, 0.15) is 26.3 Å². The van der Waals surface area contributed by atoms with Crippen LogP contribution in [-0.4, -0.2) is 17.0 Å². The van der Waals surface area contributed by atoms with Crippen molar-refractivity contribution in [3.8, 4) is 6.07 Å². The Bertz CT molecular complexity index is 700. The Morgan fingerprint density at radius 3 is 2.35 bits per heavy atom. The van der Waals surface area contributed by atoms with Crippen molar-refractivity contribution < 1.29 is 14.7 Å². The first-order valence-corrected chi connectivity index (χ1v) is 5.75. The molecule has 0 radical (unpaired) electrons. The SMILES string of the molecule is N#Cc1cccc(C(=O)Nc2ccc(C(=O)O)cc2)c1. The van der Waals surface area contributed by atoms with Gasteiger partial charge in [0.1, 0.15) is 0 Å². The van der Waals surface area contributed by atoms with E-state index in [4.69, 9.17) is 10.4 Å². The standard InChI is InChI=1S/C15H10N2O3/c16-9-10-2-1-3-12(8-10)14(18)17-13-6-4-11(5-7-13)15(19)20/h1-8H,(H,17,18)(H,19,20). The molecule has 0 bridgehead atoms. The fourth-order valence-corrected chi connectivity index (χ4v) is 1.63. The van der Waals surface area contributed by atoms with Crippen LogP contribution < -0.4 is 5.32 Å². The van der Waals surface area contributed by atoms with Crippen molar-refractivity contribution >= 4 is 17.6 Å². The second-order valence-corrected chi connectivity index (χ2v) is 4.03. The zero-order valence-electron chi connectivity index (χ0n) is 10.3. The van der Waals surface area contributed by atoms with Gasteiger partial charge in [-0.1, -0.05) is 6.07 Å². The number of amides is 1. The van der Waals surface area contributed by atoms with Crippen molar-refractivity contribution in [1.29, 1.82) is 5.26 Å². The summed E-state index contributed by atoms with van der Waals surface area (Å²) in [4.78, 5) is 22.7. The van der Waals surface area contributed by atoms with E-state index >= 15 is 0 Å². The zero-order valence-corrected chi connectivity index (χ0v) is 10.3. The first-order chi connectivity index (χ1) is 9.60. The van der Waals surface area contributed by atoms with Crippen LogP contribution in [0.25, 0.3) is 0 Å². The average Bonchev–Trinajstić information content (AvgIpc) is 2.47. The van der Waals surface area contributed by atoms with Crippen LogP contribution in [0.15, 0.2) is 48.5 Å². The van der Waals surface area contributed by atoms with Crippen LogP contribution in [0.2, 0.25) is 0 Å². The van der Waals surface area contributed by atoms with E-state index in [0.717, 1.165) is 0 Å². The summed E-state index contributed by atoms with van der Waals surface area (Å²) < 4.78 is 0. The highest BCUT2D eigenvalue weighted by Crippen LogP contribution is 2.12. The van der Waals surface area contributed by atoms with Gasteiger partial charge in [0.2, 0.25) is 0 Å². The van der Waals surface area contributed by atoms with Gasteiger partial charge in [0.15, 0.2) is 0 Å². The minimum absolute atomic E-state index is 0.148. The van der Waals surface area contributed by atoms with Gasteiger partial charge in [-0.2, -0.15) is 5.26 Å². The molecule has 0 aliphatic heterocycles. The molecule has 5 nitrogen and oxygen atoms in total.